The summed E-state index contributed by atoms with van der Waals surface area (Å²) < 4.78 is 10.4. The highest BCUT2D eigenvalue weighted by molar-refractivity contribution is 6.11. The van der Waals surface area contributed by atoms with E-state index in [1.54, 1.807) is 12.1 Å². The molecule has 0 spiro atoms. The Labute approximate surface area is 141 Å². The van der Waals surface area contributed by atoms with E-state index in [0.29, 0.717) is 5.75 Å². The summed E-state index contributed by atoms with van der Waals surface area (Å²) >= 11 is 0. The molecule has 2 aromatic carbocycles. The predicted octanol–water partition coefficient (Wildman–Crippen LogP) is 0.788. The highest BCUT2D eigenvalue weighted by Crippen LogP contribution is 2.49. The molecule has 2 aromatic rings. The lowest BCUT2D eigenvalue weighted by Crippen LogP contribution is -2.43. The minimum Gasteiger partial charge on any atom is -0.507 e. The lowest BCUT2D eigenvalue weighted by molar-refractivity contribution is -0.139. The van der Waals surface area contributed by atoms with Crippen LogP contribution >= 0.6 is 0 Å². The normalized spacial score (nSPS) is 20.7. The quantitative estimate of drug-likeness (QED) is 0.754. The van der Waals surface area contributed by atoms with Gasteiger partial charge < -0.3 is 24.8 Å². The number of benzene rings is 2. The SMILES string of the molecule is O=C(O)CN1C(=O)C(O)(c2cc3c(cc2O)OCO3)c2ccccc21. The van der Waals surface area contributed by atoms with E-state index in [0.717, 1.165) is 4.90 Å². The summed E-state index contributed by atoms with van der Waals surface area (Å²) in [6.45, 7) is -0.643. The van der Waals surface area contributed by atoms with Crippen LogP contribution in [0.4, 0.5) is 5.69 Å². The number of phenolic OH excluding ortho intramolecular Hbond substituents is 1. The van der Waals surface area contributed by atoms with Crippen molar-refractivity contribution >= 4 is 17.6 Å². The number of fused-ring (bicyclic) bond motifs is 2. The van der Waals surface area contributed by atoms with Crippen molar-refractivity contribution in [2.24, 2.45) is 0 Å². The molecule has 1 amide bonds. The minimum absolute atomic E-state index is 0.0354. The number of carbonyl (C=O) groups excluding carboxylic acids is 1. The number of carbonyl (C=O) groups is 2. The molecule has 8 nitrogen and oxygen atoms in total. The first-order valence-electron chi connectivity index (χ1n) is 7.41. The van der Waals surface area contributed by atoms with E-state index in [1.165, 1.54) is 24.3 Å². The van der Waals surface area contributed by atoms with Crippen LogP contribution in [0.1, 0.15) is 11.1 Å². The Hall–Kier alpha value is -3.26. The van der Waals surface area contributed by atoms with Crippen molar-refractivity contribution in [1.29, 1.82) is 0 Å². The molecule has 0 fully saturated rings. The highest BCUT2D eigenvalue weighted by Gasteiger charge is 2.53. The Bertz CT molecular complexity index is 910. The molecule has 0 saturated carbocycles. The van der Waals surface area contributed by atoms with Crippen LogP contribution in [0.2, 0.25) is 0 Å². The maximum Gasteiger partial charge on any atom is 0.323 e. The zero-order valence-corrected chi connectivity index (χ0v) is 12.8. The summed E-state index contributed by atoms with van der Waals surface area (Å²) in [5.41, 5.74) is -1.86. The van der Waals surface area contributed by atoms with E-state index in [2.05, 4.69) is 0 Å². The van der Waals surface area contributed by atoms with Crippen molar-refractivity contribution in [2.45, 2.75) is 5.60 Å². The summed E-state index contributed by atoms with van der Waals surface area (Å²) in [4.78, 5) is 25.0. The number of hydrogen-bond acceptors (Lipinski definition) is 6. The van der Waals surface area contributed by atoms with E-state index in [4.69, 9.17) is 14.6 Å². The molecule has 0 saturated heterocycles. The molecule has 2 aliphatic rings. The summed E-state index contributed by atoms with van der Waals surface area (Å²) in [7, 11) is 0. The average molecular weight is 343 g/mol. The molecule has 128 valence electrons. The Morgan fingerprint density at radius 3 is 2.56 bits per heavy atom. The van der Waals surface area contributed by atoms with Crippen LogP contribution in [-0.2, 0) is 15.2 Å². The van der Waals surface area contributed by atoms with Crippen LogP contribution in [0.3, 0.4) is 0 Å². The maximum atomic E-state index is 12.9. The number of hydrogen-bond donors (Lipinski definition) is 3. The number of carboxylic acids is 1. The van der Waals surface area contributed by atoms with Gasteiger partial charge in [0.15, 0.2) is 11.5 Å². The fraction of sp³-hybridized carbons (Fsp3) is 0.176. The van der Waals surface area contributed by atoms with Crippen LogP contribution in [0.25, 0.3) is 0 Å². The largest absolute Gasteiger partial charge is 0.507 e. The fourth-order valence-corrected chi connectivity index (χ4v) is 3.21. The Morgan fingerprint density at radius 1 is 1.16 bits per heavy atom. The number of nitrogens with zero attached hydrogens (tertiary/aromatic N) is 1. The number of carboxylic acid groups (broad SMARTS) is 1. The third kappa shape index (κ3) is 2.04. The first kappa shape index (κ1) is 15.3. The van der Waals surface area contributed by atoms with E-state index in [1.807, 2.05) is 0 Å². The van der Waals surface area contributed by atoms with Crippen molar-refractivity contribution in [1.82, 2.24) is 0 Å². The molecule has 0 radical (unpaired) electrons. The molecule has 3 N–H and O–H groups in total. The number of anilines is 1. The van der Waals surface area contributed by atoms with Gasteiger partial charge in [0.1, 0.15) is 12.3 Å². The molecule has 4 rings (SSSR count). The molecule has 0 aliphatic carbocycles. The summed E-state index contributed by atoms with van der Waals surface area (Å²) in [6.07, 6.45) is 0. The number of ether oxygens (including phenoxy) is 2. The van der Waals surface area contributed by atoms with E-state index in [9.17, 15) is 19.8 Å². The Kier molecular flexibility index (Phi) is 3.13. The van der Waals surface area contributed by atoms with Crippen LogP contribution in [0, 0.1) is 0 Å². The number of amides is 1. The predicted molar refractivity (Wildman–Crippen MR) is 83.7 cm³/mol. The summed E-state index contributed by atoms with van der Waals surface area (Å²) in [5, 5.41) is 30.6. The number of aliphatic hydroxyl groups is 1. The molecule has 0 aromatic heterocycles. The van der Waals surface area contributed by atoms with Crippen molar-refractivity contribution in [3.8, 4) is 17.2 Å². The number of para-hydroxylation sites is 1. The molecule has 8 heteroatoms. The molecule has 2 heterocycles. The van der Waals surface area contributed by atoms with Gasteiger partial charge in [-0.05, 0) is 12.1 Å². The second-order valence-electron chi connectivity index (χ2n) is 5.74. The second-order valence-corrected chi connectivity index (χ2v) is 5.74. The first-order chi connectivity index (χ1) is 11.9. The standard InChI is InChI=1S/C17H13NO7/c19-12-6-14-13(24-8-25-14)5-10(12)17(23)9-3-1-2-4-11(9)18(16(17)22)7-15(20)21/h1-6,19,23H,7-8H2,(H,20,21). The van der Waals surface area contributed by atoms with Crippen LogP contribution in [0.15, 0.2) is 36.4 Å². The van der Waals surface area contributed by atoms with E-state index >= 15 is 0 Å². The molecule has 1 atom stereocenters. The van der Waals surface area contributed by atoms with Crippen LogP contribution in [0.5, 0.6) is 17.2 Å². The van der Waals surface area contributed by atoms with Gasteiger partial charge in [0.25, 0.3) is 5.91 Å². The summed E-state index contributed by atoms with van der Waals surface area (Å²) in [6, 6.07) is 8.89. The fourth-order valence-electron chi connectivity index (χ4n) is 3.21. The molecule has 2 aliphatic heterocycles. The Morgan fingerprint density at radius 2 is 1.84 bits per heavy atom. The van der Waals surface area contributed by atoms with Crippen LogP contribution < -0.4 is 14.4 Å². The second kappa shape index (κ2) is 5.12. The van der Waals surface area contributed by atoms with Crippen molar-refractivity contribution in [2.75, 3.05) is 18.2 Å². The van der Waals surface area contributed by atoms with Gasteiger partial charge in [-0.2, -0.15) is 0 Å². The van der Waals surface area contributed by atoms with E-state index < -0.39 is 24.0 Å². The number of rotatable bonds is 3. The van der Waals surface area contributed by atoms with Crippen molar-refractivity contribution in [3.63, 3.8) is 0 Å². The monoisotopic (exact) mass is 343 g/mol. The minimum atomic E-state index is -2.23. The third-order valence-corrected chi connectivity index (χ3v) is 4.31. The smallest absolute Gasteiger partial charge is 0.323 e. The van der Waals surface area contributed by atoms with E-state index in [-0.39, 0.29) is 35.1 Å². The van der Waals surface area contributed by atoms with Gasteiger partial charge >= 0.3 is 5.97 Å². The molecule has 25 heavy (non-hydrogen) atoms. The lowest BCUT2D eigenvalue weighted by Gasteiger charge is -2.24. The number of aliphatic carboxylic acids is 1. The van der Waals surface area contributed by atoms with Gasteiger partial charge in [-0.1, -0.05) is 18.2 Å². The van der Waals surface area contributed by atoms with Gasteiger partial charge in [0.05, 0.1) is 5.69 Å². The van der Waals surface area contributed by atoms with Crippen LogP contribution in [-0.4, -0.2) is 40.5 Å². The molecule has 1 unspecified atom stereocenters. The average Bonchev–Trinajstić information content (AvgIpc) is 3.11. The molecular weight excluding hydrogens is 330 g/mol. The number of aromatic hydroxyl groups is 1. The first-order valence-corrected chi connectivity index (χ1v) is 7.41. The van der Waals surface area contributed by atoms with Crippen molar-refractivity contribution < 1.29 is 34.4 Å². The van der Waals surface area contributed by atoms with Gasteiger partial charge in [0.2, 0.25) is 12.4 Å². The van der Waals surface area contributed by atoms with Crippen molar-refractivity contribution in [3.05, 3.63) is 47.5 Å². The van der Waals surface area contributed by atoms with Gasteiger partial charge in [-0.3, -0.25) is 14.5 Å². The third-order valence-electron chi connectivity index (χ3n) is 4.31. The number of phenols is 1. The Balaban J connectivity index is 1.92. The van der Waals surface area contributed by atoms with Gasteiger partial charge in [-0.15, -0.1) is 0 Å². The van der Waals surface area contributed by atoms with Gasteiger partial charge in [-0.25, -0.2) is 0 Å². The van der Waals surface area contributed by atoms with Gasteiger partial charge in [0, 0.05) is 17.2 Å². The zero-order chi connectivity index (χ0) is 17.8. The summed E-state index contributed by atoms with van der Waals surface area (Å²) in [5.74, 6) is -1.85. The lowest BCUT2D eigenvalue weighted by atomic mass is 9.86. The maximum absolute atomic E-state index is 12.9. The highest BCUT2D eigenvalue weighted by atomic mass is 16.7. The molecular formula is C17H13NO7. The topological polar surface area (TPSA) is 117 Å². The molecule has 0 bridgehead atoms. The zero-order valence-electron chi connectivity index (χ0n) is 12.8.